The summed E-state index contributed by atoms with van der Waals surface area (Å²) in [7, 11) is -4.47. The van der Waals surface area contributed by atoms with Gasteiger partial charge in [-0.25, -0.2) is 23.3 Å². The van der Waals surface area contributed by atoms with Crippen LogP contribution >= 0.6 is 7.82 Å². The van der Waals surface area contributed by atoms with Crippen molar-refractivity contribution in [3.05, 3.63) is 66.1 Å². The molecule has 1 atom stereocenters. The van der Waals surface area contributed by atoms with Gasteiger partial charge in [0.25, 0.3) is 0 Å². The standard InChI is InChI=1S/C28H32F2N7O6P/c29-22-6-3-7-23(27(22)30)33-26(38)14-18-13-25(36-35-18)34-28-21-9-8-20(15-24(21)31-17-32-28)42-12-2-1-10-37-11-4-5-19(37)16-43-44(39,40)41/h3,6-9,13,15,17,19H,1-2,4-5,10-12,14,16H2,(H,33,38)(H2,39,40,41)(H2,31,32,34,35,36)/t19-/m0/s1. The monoisotopic (exact) mass is 631 g/mol. The van der Waals surface area contributed by atoms with E-state index in [9.17, 15) is 18.1 Å². The zero-order valence-electron chi connectivity index (χ0n) is 23.6. The topological polar surface area (TPSA) is 175 Å². The van der Waals surface area contributed by atoms with Crippen molar-refractivity contribution in [1.82, 2.24) is 25.1 Å². The Labute approximate surface area is 251 Å². The number of carbonyl (C=O) groups excluding carboxylic acids is 1. The van der Waals surface area contributed by atoms with Crippen LogP contribution in [0.1, 0.15) is 31.4 Å². The first-order valence-corrected chi connectivity index (χ1v) is 15.5. The molecule has 1 amide bonds. The van der Waals surface area contributed by atoms with Gasteiger partial charge in [0.05, 0.1) is 30.8 Å². The first-order chi connectivity index (χ1) is 21.1. The highest BCUT2D eigenvalue weighted by Gasteiger charge is 2.27. The van der Waals surface area contributed by atoms with E-state index in [1.807, 2.05) is 18.2 Å². The fraction of sp³-hybridized carbons (Fsp3) is 0.357. The number of aromatic nitrogens is 4. The molecule has 0 unspecified atom stereocenters. The van der Waals surface area contributed by atoms with Crippen molar-refractivity contribution < 1.29 is 37.2 Å². The van der Waals surface area contributed by atoms with Gasteiger partial charge in [0.1, 0.15) is 17.9 Å². The van der Waals surface area contributed by atoms with Gasteiger partial charge in [-0.05, 0) is 63.0 Å². The van der Waals surface area contributed by atoms with Gasteiger partial charge in [0.15, 0.2) is 17.5 Å². The number of aromatic amines is 1. The lowest BCUT2D eigenvalue weighted by molar-refractivity contribution is -0.115. The molecule has 0 radical (unpaired) electrons. The maximum atomic E-state index is 13.8. The Hall–Kier alpha value is -4.01. The van der Waals surface area contributed by atoms with Crippen LogP contribution in [0.15, 0.2) is 48.8 Å². The quantitative estimate of drug-likeness (QED) is 0.0992. The number of halogens is 2. The number of nitrogens with zero attached hydrogens (tertiary/aromatic N) is 4. The van der Waals surface area contributed by atoms with Crippen molar-refractivity contribution in [3.8, 4) is 5.75 Å². The molecule has 0 saturated carbocycles. The normalized spacial score (nSPS) is 15.5. The molecule has 1 aliphatic heterocycles. The Morgan fingerprint density at radius 2 is 2.02 bits per heavy atom. The summed E-state index contributed by atoms with van der Waals surface area (Å²) in [5, 5.41) is 13.1. The van der Waals surface area contributed by atoms with Crippen LogP contribution in [0.25, 0.3) is 10.9 Å². The molecule has 0 spiro atoms. The summed E-state index contributed by atoms with van der Waals surface area (Å²) in [4.78, 5) is 41.1. The molecule has 5 rings (SSSR count). The van der Waals surface area contributed by atoms with Crippen LogP contribution in [-0.4, -0.2) is 73.1 Å². The summed E-state index contributed by atoms with van der Waals surface area (Å²) >= 11 is 0. The molecule has 3 heterocycles. The Bertz CT molecular complexity index is 1650. The summed E-state index contributed by atoms with van der Waals surface area (Å²) in [6, 6.07) is 10.6. The number of benzene rings is 2. The van der Waals surface area contributed by atoms with E-state index >= 15 is 0 Å². The van der Waals surface area contributed by atoms with Crippen LogP contribution in [0.4, 0.5) is 26.1 Å². The number of phosphoric acid groups is 1. The van der Waals surface area contributed by atoms with E-state index < -0.39 is 25.4 Å². The third-order valence-corrected chi connectivity index (χ3v) is 7.59. The zero-order chi connectivity index (χ0) is 31.1. The van der Waals surface area contributed by atoms with Gasteiger partial charge >= 0.3 is 7.82 Å². The van der Waals surface area contributed by atoms with Crippen molar-refractivity contribution in [2.75, 3.05) is 36.9 Å². The summed E-state index contributed by atoms with van der Waals surface area (Å²) < 4.78 is 48.9. The van der Waals surface area contributed by atoms with E-state index in [-0.39, 0.29) is 24.8 Å². The molecule has 44 heavy (non-hydrogen) atoms. The lowest BCUT2D eigenvalue weighted by atomic mass is 10.2. The summed E-state index contributed by atoms with van der Waals surface area (Å²) in [5.41, 5.74) is 0.857. The molecule has 16 heteroatoms. The lowest BCUT2D eigenvalue weighted by Crippen LogP contribution is -2.33. The number of rotatable bonds is 14. The number of ether oxygens (including phenoxy) is 1. The van der Waals surface area contributed by atoms with Crippen molar-refractivity contribution >= 4 is 42.0 Å². The number of amides is 1. The number of phosphoric ester groups is 1. The molecule has 13 nitrogen and oxygen atoms in total. The van der Waals surface area contributed by atoms with Gasteiger partial charge in [-0.1, -0.05) is 6.07 Å². The summed E-state index contributed by atoms with van der Waals surface area (Å²) in [6.45, 7) is 2.19. The second-order valence-corrected chi connectivity index (χ2v) is 11.5. The largest absolute Gasteiger partial charge is 0.494 e. The van der Waals surface area contributed by atoms with Gasteiger partial charge in [-0.15, -0.1) is 0 Å². The molecular weight excluding hydrogens is 599 g/mol. The number of hydrogen-bond acceptors (Lipinski definition) is 9. The molecule has 1 fully saturated rings. The molecule has 2 aromatic heterocycles. The average molecular weight is 632 g/mol. The summed E-state index contributed by atoms with van der Waals surface area (Å²) in [5.74, 6) is -1.17. The number of fused-ring (bicyclic) bond motifs is 1. The summed E-state index contributed by atoms with van der Waals surface area (Å²) in [6.07, 6.45) is 4.76. The van der Waals surface area contributed by atoms with Gasteiger partial charge in [0, 0.05) is 29.3 Å². The van der Waals surface area contributed by atoms with Gasteiger partial charge in [0.2, 0.25) is 5.91 Å². The van der Waals surface area contributed by atoms with Gasteiger partial charge < -0.3 is 25.2 Å². The van der Waals surface area contributed by atoms with Crippen LogP contribution in [0.2, 0.25) is 0 Å². The highest BCUT2D eigenvalue weighted by molar-refractivity contribution is 7.46. The third kappa shape index (κ3) is 8.55. The fourth-order valence-electron chi connectivity index (χ4n) is 5.00. The lowest BCUT2D eigenvalue weighted by Gasteiger charge is -2.24. The van der Waals surface area contributed by atoms with E-state index in [4.69, 9.17) is 19.0 Å². The van der Waals surface area contributed by atoms with E-state index in [2.05, 4.69) is 35.7 Å². The SMILES string of the molecule is O=C(Cc1cc(Nc2ncnc3cc(OCCCCN4CCC[C@H]4COP(=O)(O)O)ccc23)n[nH]1)Nc1cccc(F)c1F. The first-order valence-electron chi connectivity index (χ1n) is 14.0. The smallest absolute Gasteiger partial charge is 0.469 e. The molecule has 1 saturated heterocycles. The molecule has 2 aromatic carbocycles. The van der Waals surface area contributed by atoms with Crippen molar-refractivity contribution in [2.24, 2.45) is 0 Å². The van der Waals surface area contributed by atoms with E-state index in [1.54, 1.807) is 6.07 Å². The van der Waals surface area contributed by atoms with E-state index in [0.29, 0.717) is 35.2 Å². The van der Waals surface area contributed by atoms with Crippen LogP contribution in [0.3, 0.4) is 0 Å². The second-order valence-electron chi connectivity index (χ2n) is 10.3. The number of carbonyl (C=O) groups is 1. The maximum Gasteiger partial charge on any atom is 0.469 e. The predicted molar refractivity (Wildman–Crippen MR) is 157 cm³/mol. The Balaban J connectivity index is 1.10. The van der Waals surface area contributed by atoms with Crippen molar-refractivity contribution in [1.29, 1.82) is 0 Å². The minimum Gasteiger partial charge on any atom is -0.494 e. The van der Waals surface area contributed by atoms with Crippen molar-refractivity contribution in [2.45, 2.75) is 38.1 Å². The molecule has 0 aliphatic carbocycles. The molecule has 234 valence electrons. The third-order valence-electron chi connectivity index (χ3n) is 7.10. The number of likely N-dealkylation sites (tertiary alicyclic amines) is 1. The van der Waals surface area contributed by atoms with Gasteiger partial charge in [-0.3, -0.25) is 19.3 Å². The highest BCUT2D eigenvalue weighted by Crippen LogP contribution is 2.37. The fourth-order valence-corrected chi connectivity index (χ4v) is 5.37. The van der Waals surface area contributed by atoms with Gasteiger partial charge in [-0.2, -0.15) is 5.10 Å². The first kappa shape index (κ1) is 31.4. The van der Waals surface area contributed by atoms with Crippen LogP contribution in [-0.2, 0) is 20.3 Å². The Kier molecular flexibility index (Phi) is 10.1. The van der Waals surface area contributed by atoms with Crippen LogP contribution in [0.5, 0.6) is 5.75 Å². The van der Waals surface area contributed by atoms with Crippen LogP contribution in [0, 0.1) is 11.6 Å². The van der Waals surface area contributed by atoms with E-state index in [1.165, 1.54) is 18.5 Å². The second kappa shape index (κ2) is 14.2. The minimum atomic E-state index is -4.47. The highest BCUT2D eigenvalue weighted by atomic mass is 31.2. The maximum absolute atomic E-state index is 13.8. The molecular formula is C28H32F2N7O6P. The number of anilines is 3. The molecule has 1 aliphatic rings. The molecule has 5 N–H and O–H groups in total. The van der Waals surface area contributed by atoms with Crippen molar-refractivity contribution in [3.63, 3.8) is 0 Å². The Morgan fingerprint density at radius 3 is 2.86 bits per heavy atom. The Morgan fingerprint density at radius 1 is 1.16 bits per heavy atom. The number of H-pyrrole nitrogens is 1. The molecule has 0 bridgehead atoms. The number of nitrogens with one attached hydrogen (secondary N) is 3. The average Bonchev–Trinajstić information content (AvgIpc) is 3.62. The predicted octanol–water partition coefficient (Wildman–Crippen LogP) is 4.29. The number of unbranched alkanes of at least 4 members (excludes halogenated alkanes) is 1. The minimum absolute atomic E-state index is 0.0109. The van der Waals surface area contributed by atoms with E-state index in [0.717, 1.165) is 50.2 Å². The molecule has 4 aromatic rings. The van der Waals surface area contributed by atoms with Crippen LogP contribution < -0.4 is 15.4 Å². The number of hydrogen-bond donors (Lipinski definition) is 5. The zero-order valence-corrected chi connectivity index (χ0v) is 24.5.